The maximum Gasteiger partial charge on any atom is 0.251 e. The first kappa shape index (κ1) is 20.2. The highest BCUT2D eigenvalue weighted by Crippen LogP contribution is 2.38. The molecule has 9 heteroatoms. The van der Waals surface area contributed by atoms with Gasteiger partial charge in [-0.15, -0.1) is 11.3 Å². The van der Waals surface area contributed by atoms with Gasteiger partial charge in [0.1, 0.15) is 5.00 Å². The largest absolute Gasteiger partial charge is 0.365 e. The third-order valence-electron chi connectivity index (χ3n) is 4.71. The number of aryl methyl sites for hydroxylation is 1. The predicted molar refractivity (Wildman–Crippen MR) is 120 cm³/mol. The lowest BCUT2D eigenvalue weighted by atomic mass is 9.95. The normalized spacial score (nSPS) is 13.1. The molecule has 0 spiro atoms. The number of thiophene rings is 1. The standard InChI is InChI=1S/C20H19BrN4O2S2/c21-12-5-7-13(8-6-12)25-10-9-23-20(25)28-11-16(26)24-19-17(18(22)27)14-3-1-2-4-15(14)29-19/h5-10H,1-4,11H2,(H2,22,27)(H,24,26). The van der Waals surface area contributed by atoms with Crippen molar-refractivity contribution < 1.29 is 9.59 Å². The number of imidazole rings is 1. The highest BCUT2D eigenvalue weighted by molar-refractivity contribution is 9.10. The number of hydrogen-bond acceptors (Lipinski definition) is 5. The van der Waals surface area contributed by atoms with Crippen LogP contribution >= 0.6 is 39.0 Å². The van der Waals surface area contributed by atoms with Crippen LogP contribution in [0.25, 0.3) is 5.69 Å². The number of fused-ring (bicyclic) bond motifs is 1. The van der Waals surface area contributed by atoms with Gasteiger partial charge in [-0.05, 0) is 55.5 Å². The molecule has 1 aliphatic carbocycles. The second-order valence-corrected chi connectivity index (χ2v) is 9.64. The number of halogens is 1. The molecule has 0 aliphatic heterocycles. The van der Waals surface area contributed by atoms with Gasteiger partial charge in [-0.3, -0.25) is 14.2 Å². The first-order valence-electron chi connectivity index (χ1n) is 9.19. The monoisotopic (exact) mass is 490 g/mol. The highest BCUT2D eigenvalue weighted by atomic mass is 79.9. The first-order chi connectivity index (χ1) is 14.0. The van der Waals surface area contributed by atoms with Gasteiger partial charge in [0, 0.05) is 27.4 Å². The zero-order valence-electron chi connectivity index (χ0n) is 15.5. The number of thioether (sulfide) groups is 1. The van der Waals surface area contributed by atoms with Crippen molar-refractivity contribution in [3.8, 4) is 5.69 Å². The predicted octanol–water partition coefficient (Wildman–Crippen LogP) is 4.40. The maximum absolute atomic E-state index is 12.6. The van der Waals surface area contributed by atoms with Crippen molar-refractivity contribution in [2.24, 2.45) is 5.73 Å². The minimum atomic E-state index is -0.474. The van der Waals surface area contributed by atoms with Crippen molar-refractivity contribution in [2.45, 2.75) is 30.8 Å². The zero-order valence-corrected chi connectivity index (χ0v) is 18.7. The van der Waals surface area contributed by atoms with E-state index in [1.807, 2.05) is 35.0 Å². The summed E-state index contributed by atoms with van der Waals surface area (Å²) in [4.78, 5) is 30.1. The number of aromatic nitrogens is 2. The molecule has 6 nitrogen and oxygen atoms in total. The Labute approximate surface area is 185 Å². The van der Waals surface area contributed by atoms with E-state index in [4.69, 9.17) is 5.73 Å². The van der Waals surface area contributed by atoms with Gasteiger partial charge in [-0.1, -0.05) is 27.7 Å². The number of hydrogen-bond donors (Lipinski definition) is 2. The topological polar surface area (TPSA) is 90.0 Å². The number of carbonyl (C=O) groups is 2. The molecule has 0 unspecified atom stereocenters. The Morgan fingerprint density at radius 1 is 1.24 bits per heavy atom. The van der Waals surface area contributed by atoms with Crippen LogP contribution in [0.4, 0.5) is 5.00 Å². The molecule has 4 rings (SSSR count). The third-order valence-corrected chi connectivity index (χ3v) is 7.42. The third kappa shape index (κ3) is 4.41. The molecule has 3 N–H and O–H groups in total. The second-order valence-electron chi connectivity index (χ2n) is 6.67. The number of nitrogens with two attached hydrogens (primary N) is 1. The van der Waals surface area contributed by atoms with E-state index in [0.29, 0.717) is 10.6 Å². The SMILES string of the molecule is NC(=O)c1c(NC(=O)CSc2nccn2-c2ccc(Br)cc2)sc2c1CCCC2. The zero-order chi connectivity index (χ0) is 20.4. The Bertz CT molecular complexity index is 1060. The number of anilines is 1. The van der Waals surface area contributed by atoms with Crippen LogP contribution < -0.4 is 11.1 Å². The quantitative estimate of drug-likeness (QED) is 0.500. The van der Waals surface area contributed by atoms with Gasteiger partial charge in [-0.2, -0.15) is 0 Å². The minimum absolute atomic E-state index is 0.179. The first-order valence-corrected chi connectivity index (χ1v) is 11.8. The van der Waals surface area contributed by atoms with E-state index in [-0.39, 0.29) is 11.7 Å². The summed E-state index contributed by atoms with van der Waals surface area (Å²) in [5, 5.41) is 4.19. The molecule has 29 heavy (non-hydrogen) atoms. The van der Waals surface area contributed by atoms with Crippen LogP contribution in [0.15, 0.2) is 46.3 Å². The van der Waals surface area contributed by atoms with E-state index in [0.717, 1.165) is 46.6 Å². The Morgan fingerprint density at radius 2 is 2.00 bits per heavy atom. The van der Waals surface area contributed by atoms with Gasteiger partial charge < -0.3 is 11.1 Å². The van der Waals surface area contributed by atoms with Gasteiger partial charge in [0.25, 0.3) is 5.91 Å². The van der Waals surface area contributed by atoms with Gasteiger partial charge in [0.2, 0.25) is 5.91 Å². The summed E-state index contributed by atoms with van der Waals surface area (Å²) in [6.45, 7) is 0. The molecule has 0 saturated carbocycles. The number of benzene rings is 1. The molecule has 150 valence electrons. The van der Waals surface area contributed by atoms with Crippen molar-refractivity contribution in [3.05, 3.63) is 57.1 Å². The molecule has 0 atom stereocenters. The average Bonchev–Trinajstić information content (AvgIpc) is 3.31. The molecule has 0 fully saturated rings. The smallest absolute Gasteiger partial charge is 0.251 e. The molecule has 2 amide bonds. The number of amides is 2. The number of nitrogens with zero attached hydrogens (tertiary/aromatic N) is 2. The van der Waals surface area contributed by atoms with E-state index in [1.54, 1.807) is 6.20 Å². The Balaban J connectivity index is 1.46. The van der Waals surface area contributed by atoms with Crippen LogP contribution in [-0.4, -0.2) is 27.1 Å². The van der Waals surface area contributed by atoms with Crippen LogP contribution in [0.1, 0.15) is 33.6 Å². The summed E-state index contributed by atoms with van der Waals surface area (Å²) in [6, 6.07) is 7.87. The van der Waals surface area contributed by atoms with Crippen LogP contribution in [0.3, 0.4) is 0 Å². The molecule has 2 heterocycles. The molecule has 0 saturated heterocycles. The van der Waals surface area contributed by atoms with Gasteiger partial charge >= 0.3 is 0 Å². The van der Waals surface area contributed by atoms with Crippen molar-refractivity contribution in [1.29, 1.82) is 0 Å². The fraction of sp³-hybridized carbons (Fsp3) is 0.250. The van der Waals surface area contributed by atoms with Crippen LogP contribution in [0.5, 0.6) is 0 Å². The van der Waals surface area contributed by atoms with E-state index in [9.17, 15) is 9.59 Å². The van der Waals surface area contributed by atoms with Gasteiger partial charge in [0.15, 0.2) is 5.16 Å². The molecule has 1 aliphatic rings. The van der Waals surface area contributed by atoms with Crippen molar-refractivity contribution in [1.82, 2.24) is 9.55 Å². The number of primary amides is 1. The molecule has 0 bridgehead atoms. The minimum Gasteiger partial charge on any atom is -0.365 e. The highest BCUT2D eigenvalue weighted by Gasteiger charge is 2.25. The van der Waals surface area contributed by atoms with Gasteiger partial charge in [-0.25, -0.2) is 4.98 Å². The number of nitrogens with one attached hydrogen (secondary N) is 1. The van der Waals surface area contributed by atoms with Crippen LogP contribution in [0.2, 0.25) is 0 Å². The Morgan fingerprint density at radius 3 is 2.76 bits per heavy atom. The number of rotatable bonds is 6. The van der Waals surface area contributed by atoms with Crippen molar-refractivity contribution in [3.63, 3.8) is 0 Å². The summed E-state index contributed by atoms with van der Waals surface area (Å²) in [5.74, 6) is -0.464. The summed E-state index contributed by atoms with van der Waals surface area (Å²) in [5.41, 5.74) is 8.07. The van der Waals surface area contributed by atoms with E-state index >= 15 is 0 Å². The molecule has 0 radical (unpaired) electrons. The molecular formula is C20H19BrN4O2S2. The molecule has 1 aromatic carbocycles. The summed E-state index contributed by atoms with van der Waals surface area (Å²) >= 11 is 6.25. The molecular weight excluding hydrogens is 472 g/mol. The summed E-state index contributed by atoms with van der Waals surface area (Å²) < 4.78 is 2.93. The van der Waals surface area contributed by atoms with Crippen LogP contribution in [0, 0.1) is 0 Å². The average molecular weight is 491 g/mol. The lowest BCUT2D eigenvalue weighted by Gasteiger charge is -2.11. The summed E-state index contributed by atoms with van der Waals surface area (Å²) in [6.07, 6.45) is 7.51. The molecule has 2 aromatic heterocycles. The van der Waals surface area contributed by atoms with Gasteiger partial charge in [0.05, 0.1) is 11.3 Å². The van der Waals surface area contributed by atoms with Crippen molar-refractivity contribution in [2.75, 3.05) is 11.1 Å². The molecule has 3 aromatic rings. The van der Waals surface area contributed by atoms with Crippen molar-refractivity contribution >= 4 is 55.8 Å². The lowest BCUT2D eigenvalue weighted by molar-refractivity contribution is -0.113. The second kappa shape index (κ2) is 8.73. The Hall–Kier alpha value is -2.10. The summed E-state index contributed by atoms with van der Waals surface area (Å²) in [7, 11) is 0. The van der Waals surface area contributed by atoms with E-state index in [2.05, 4.69) is 26.2 Å². The van der Waals surface area contributed by atoms with E-state index in [1.165, 1.54) is 28.0 Å². The Kier molecular flexibility index (Phi) is 6.07. The lowest BCUT2D eigenvalue weighted by Crippen LogP contribution is -2.19. The fourth-order valence-corrected chi connectivity index (χ4v) is 5.75. The fourth-order valence-electron chi connectivity index (χ4n) is 3.40. The van der Waals surface area contributed by atoms with Crippen LogP contribution in [-0.2, 0) is 17.6 Å². The van der Waals surface area contributed by atoms with E-state index < -0.39 is 5.91 Å². The number of carbonyl (C=O) groups excluding carboxylic acids is 2. The maximum atomic E-state index is 12.6.